The van der Waals surface area contributed by atoms with E-state index in [-0.39, 0.29) is 23.5 Å². The summed E-state index contributed by atoms with van der Waals surface area (Å²) in [6.07, 6.45) is 0. The summed E-state index contributed by atoms with van der Waals surface area (Å²) in [6.45, 7) is -0.250. The van der Waals surface area contributed by atoms with E-state index < -0.39 is 10.4 Å². The first kappa shape index (κ1) is 15.9. The summed E-state index contributed by atoms with van der Waals surface area (Å²) in [7, 11) is -4.67. The summed E-state index contributed by atoms with van der Waals surface area (Å²) < 4.78 is 31.6. The summed E-state index contributed by atoms with van der Waals surface area (Å²) >= 11 is 0. The molecule has 0 aromatic heterocycles. The third-order valence-electron chi connectivity index (χ3n) is 0. The molecular weight excluding hydrogens is 204 g/mol. The minimum Gasteiger partial charge on any atom is -0.483 e. The van der Waals surface area contributed by atoms with E-state index in [9.17, 15) is 0 Å². The molecule has 0 fully saturated rings. The number of carboxylic acid groups (broad SMARTS) is 1. The fourth-order valence-corrected chi connectivity index (χ4v) is 0. The molecule has 9 heavy (non-hydrogen) atoms. The maximum Gasteiger partial charge on any atom is 0.394 e. The molecular formula is CH4CuO6S. The van der Waals surface area contributed by atoms with Gasteiger partial charge in [0.1, 0.15) is 0 Å². The maximum atomic E-state index is 8.74. The van der Waals surface area contributed by atoms with E-state index in [4.69, 9.17) is 27.4 Å². The zero-order chi connectivity index (χ0) is 7.21. The van der Waals surface area contributed by atoms with Crippen LogP contribution < -0.4 is 0 Å². The van der Waals surface area contributed by atoms with E-state index in [1.54, 1.807) is 0 Å². The van der Waals surface area contributed by atoms with Crippen molar-refractivity contribution in [1.29, 1.82) is 0 Å². The molecule has 0 aliphatic heterocycles. The molecule has 0 atom stereocenters. The summed E-state index contributed by atoms with van der Waals surface area (Å²) in [5.74, 6) is 0. The predicted molar refractivity (Wildman–Crippen MR) is 22.9 cm³/mol. The molecule has 8 heteroatoms. The second-order valence-electron chi connectivity index (χ2n) is 0.553. The second kappa shape index (κ2) is 7.86. The fourth-order valence-electron chi connectivity index (χ4n) is 0. The van der Waals surface area contributed by atoms with Crippen LogP contribution in [0.3, 0.4) is 0 Å². The molecule has 0 aliphatic rings. The van der Waals surface area contributed by atoms with Crippen LogP contribution in [-0.4, -0.2) is 29.1 Å². The summed E-state index contributed by atoms with van der Waals surface area (Å²) in [4.78, 5) is 8.36. The Labute approximate surface area is 61.9 Å². The van der Waals surface area contributed by atoms with Crippen LogP contribution in [0.5, 0.6) is 0 Å². The largest absolute Gasteiger partial charge is 0.483 e. The van der Waals surface area contributed by atoms with E-state index in [0.29, 0.717) is 0 Å². The van der Waals surface area contributed by atoms with Crippen molar-refractivity contribution in [2.24, 2.45) is 0 Å². The van der Waals surface area contributed by atoms with Crippen LogP contribution in [0.15, 0.2) is 0 Å². The SMILES string of the molecule is O=CO.O=S(=O)(O)O.[Cu]. The zero-order valence-corrected chi connectivity index (χ0v) is 5.61. The van der Waals surface area contributed by atoms with Crippen molar-refractivity contribution in [2.75, 3.05) is 0 Å². The number of rotatable bonds is 0. The van der Waals surface area contributed by atoms with Crippen molar-refractivity contribution in [3.05, 3.63) is 0 Å². The van der Waals surface area contributed by atoms with Gasteiger partial charge in [-0.05, 0) is 0 Å². The summed E-state index contributed by atoms with van der Waals surface area (Å²) in [5.41, 5.74) is 0. The standard InChI is InChI=1S/CH2O2.Cu.H2O4S/c2-1-3;;1-5(2,3)4/h1H,(H,2,3);;(H2,1,2,3,4). The maximum absolute atomic E-state index is 8.74. The predicted octanol–water partition coefficient (Wildman–Crippen LogP) is -0.954. The number of hydrogen-bond acceptors (Lipinski definition) is 3. The smallest absolute Gasteiger partial charge is 0.394 e. The van der Waals surface area contributed by atoms with Crippen LogP contribution in [0.2, 0.25) is 0 Å². The van der Waals surface area contributed by atoms with Crippen molar-refractivity contribution in [3.63, 3.8) is 0 Å². The first-order valence-electron chi connectivity index (χ1n) is 1.19. The van der Waals surface area contributed by atoms with Crippen molar-refractivity contribution >= 4 is 16.9 Å². The van der Waals surface area contributed by atoms with Crippen LogP contribution in [0.4, 0.5) is 0 Å². The van der Waals surface area contributed by atoms with Gasteiger partial charge in [0, 0.05) is 17.1 Å². The van der Waals surface area contributed by atoms with Gasteiger partial charge >= 0.3 is 10.4 Å². The molecule has 0 amide bonds. The average molecular weight is 208 g/mol. The third kappa shape index (κ3) is 13700. The molecule has 0 rings (SSSR count). The second-order valence-corrected chi connectivity index (χ2v) is 1.45. The normalized spacial score (nSPS) is 7.78. The number of carbonyl (C=O) groups is 1. The average Bonchev–Trinajstić information content (AvgIpc) is 1.27. The Morgan fingerprint density at radius 1 is 1.22 bits per heavy atom. The molecule has 0 aliphatic carbocycles. The Kier molecular flexibility index (Phi) is 13.9. The summed E-state index contributed by atoms with van der Waals surface area (Å²) in [5, 5.41) is 6.89. The number of hydrogen-bond donors (Lipinski definition) is 3. The quantitative estimate of drug-likeness (QED) is 0.268. The molecule has 1 radical (unpaired) electrons. The van der Waals surface area contributed by atoms with E-state index >= 15 is 0 Å². The topological polar surface area (TPSA) is 112 Å². The third-order valence-corrected chi connectivity index (χ3v) is 0. The fraction of sp³-hybridized carbons (Fsp3) is 0. The van der Waals surface area contributed by atoms with Crippen molar-refractivity contribution in [2.45, 2.75) is 0 Å². The van der Waals surface area contributed by atoms with E-state index in [1.807, 2.05) is 0 Å². The van der Waals surface area contributed by atoms with Crippen LogP contribution in [0, 0.1) is 0 Å². The monoisotopic (exact) mass is 207 g/mol. The van der Waals surface area contributed by atoms with Gasteiger partial charge in [-0.3, -0.25) is 13.9 Å². The van der Waals surface area contributed by atoms with Crippen LogP contribution >= 0.6 is 0 Å². The Hall–Kier alpha value is -0.141. The van der Waals surface area contributed by atoms with Crippen LogP contribution in [0.25, 0.3) is 0 Å². The van der Waals surface area contributed by atoms with Gasteiger partial charge < -0.3 is 5.11 Å². The van der Waals surface area contributed by atoms with Gasteiger partial charge in [-0.2, -0.15) is 8.42 Å². The molecule has 0 aromatic rings. The van der Waals surface area contributed by atoms with Crippen LogP contribution in [0.1, 0.15) is 0 Å². The van der Waals surface area contributed by atoms with Crippen molar-refractivity contribution in [1.82, 2.24) is 0 Å². The van der Waals surface area contributed by atoms with Gasteiger partial charge in [0.05, 0.1) is 0 Å². The van der Waals surface area contributed by atoms with Gasteiger partial charge in [-0.15, -0.1) is 0 Å². The minimum atomic E-state index is -4.67. The van der Waals surface area contributed by atoms with Gasteiger partial charge in [0.25, 0.3) is 6.47 Å². The van der Waals surface area contributed by atoms with Gasteiger partial charge in [-0.25, -0.2) is 0 Å². The first-order chi connectivity index (χ1) is 3.41. The van der Waals surface area contributed by atoms with Gasteiger partial charge in [-0.1, -0.05) is 0 Å². The first-order valence-corrected chi connectivity index (χ1v) is 2.59. The van der Waals surface area contributed by atoms with Crippen molar-refractivity contribution in [3.8, 4) is 0 Å². The summed E-state index contributed by atoms with van der Waals surface area (Å²) in [6, 6.07) is 0. The molecule has 0 heterocycles. The molecule has 3 N–H and O–H groups in total. The molecule has 0 spiro atoms. The Morgan fingerprint density at radius 2 is 1.22 bits per heavy atom. The molecule has 0 unspecified atom stereocenters. The Morgan fingerprint density at radius 3 is 1.22 bits per heavy atom. The molecule has 0 aromatic carbocycles. The Bertz CT molecular complexity index is 127. The molecule has 0 bridgehead atoms. The van der Waals surface area contributed by atoms with E-state index in [1.165, 1.54) is 0 Å². The molecule has 6 nitrogen and oxygen atoms in total. The van der Waals surface area contributed by atoms with E-state index in [0.717, 1.165) is 0 Å². The molecule has 61 valence electrons. The molecule has 0 saturated heterocycles. The van der Waals surface area contributed by atoms with E-state index in [2.05, 4.69) is 0 Å². The van der Waals surface area contributed by atoms with Crippen LogP contribution in [-0.2, 0) is 32.3 Å². The van der Waals surface area contributed by atoms with Gasteiger partial charge in [0.15, 0.2) is 0 Å². The molecule has 0 saturated carbocycles. The van der Waals surface area contributed by atoms with Crippen molar-refractivity contribution < 1.29 is 44.5 Å². The van der Waals surface area contributed by atoms with Gasteiger partial charge in [0.2, 0.25) is 0 Å². The zero-order valence-electron chi connectivity index (χ0n) is 3.85. The minimum absolute atomic E-state index is 0. The Balaban J connectivity index is -0.0000000800.